The first-order chi connectivity index (χ1) is 17.0. The van der Waals surface area contributed by atoms with Crippen LogP contribution >= 0.6 is 0 Å². The quantitative estimate of drug-likeness (QED) is 0.547. The smallest absolute Gasteiger partial charge is 0.328 e. The molecule has 0 saturated carbocycles. The summed E-state index contributed by atoms with van der Waals surface area (Å²) in [5, 5.41) is 2.87. The van der Waals surface area contributed by atoms with E-state index in [9.17, 15) is 14.4 Å². The predicted octanol–water partition coefficient (Wildman–Crippen LogP) is 2.85. The van der Waals surface area contributed by atoms with Crippen LogP contribution in [0.15, 0.2) is 60.7 Å². The number of hydrogen-bond donors (Lipinski definition) is 1. The molecular weight excluding hydrogens is 442 g/mol. The Morgan fingerprint density at radius 2 is 1.54 bits per heavy atom. The molecule has 3 amide bonds. The molecule has 0 radical (unpaired) electrons. The van der Waals surface area contributed by atoms with Gasteiger partial charge in [-0.3, -0.25) is 4.79 Å². The first-order valence-corrected chi connectivity index (χ1v) is 12.0. The third-order valence-electron chi connectivity index (χ3n) is 6.99. The summed E-state index contributed by atoms with van der Waals surface area (Å²) < 4.78 is 4.92. The number of esters is 1. The van der Waals surface area contributed by atoms with Gasteiger partial charge in [-0.2, -0.15) is 0 Å². The van der Waals surface area contributed by atoms with Gasteiger partial charge in [0, 0.05) is 44.1 Å². The summed E-state index contributed by atoms with van der Waals surface area (Å²) in [6.07, 6.45) is 2.93. The van der Waals surface area contributed by atoms with Crippen LogP contribution < -0.4 is 5.32 Å². The molecule has 2 fully saturated rings. The molecule has 2 aliphatic heterocycles. The predicted molar refractivity (Wildman–Crippen MR) is 132 cm³/mol. The Balaban J connectivity index is 1.30. The molecule has 2 aliphatic rings. The molecule has 1 atom stereocenters. The fourth-order valence-electron chi connectivity index (χ4n) is 4.85. The first-order valence-electron chi connectivity index (χ1n) is 12.0. The second-order valence-corrected chi connectivity index (χ2v) is 9.29. The zero-order valence-corrected chi connectivity index (χ0v) is 20.0. The number of amides is 3. The fourth-order valence-corrected chi connectivity index (χ4v) is 4.85. The van der Waals surface area contributed by atoms with E-state index >= 15 is 0 Å². The lowest BCUT2D eigenvalue weighted by atomic mass is 9.78. The van der Waals surface area contributed by atoms with Crippen molar-refractivity contribution < 1.29 is 19.1 Å². The second kappa shape index (κ2) is 11.1. The molecule has 7 heteroatoms. The molecule has 2 aromatic carbocycles. The minimum Gasteiger partial charge on any atom is -0.467 e. The highest BCUT2D eigenvalue weighted by atomic mass is 16.5. The Morgan fingerprint density at radius 3 is 2.17 bits per heavy atom. The molecule has 4 rings (SSSR count). The van der Waals surface area contributed by atoms with Gasteiger partial charge in [0.05, 0.1) is 7.11 Å². The third-order valence-corrected chi connectivity index (χ3v) is 6.99. The van der Waals surface area contributed by atoms with E-state index < -0.39 is 12.0 Å². The molecular formula is C28H31N3O4. The number of methoxy groups -OCH3 is 1. The highest BCUT2D eigenvalue weighted by molar-refractivity contribution is 5.94. The van der Waals surface area contributed by atoms with Crippen molar-refractivity contribution in [2.45, 2.75) is 31.7 Å². The minimum absolute atomic E-state index is 0.00116. The van der Waals surface area contributed by atoms with Crippen molar-refractivity contribution in [1.29, 1.82) is 0 Å². The zero-order chi connectivity index (χ0) is 24.7. The van der Waals surface area contributed by atoms with E-state index in [1.54, 1.807) is 9.80 Å². The molecule has 2 aromatic rings. The van der Waals surface area contributed by atoms with Gasteiger partial charge in [0.15, 0.2) is 0 Å². The number of piperidine rings is 1. The van der Waals surface area contributed by atoms with E-state index in [4.69, 9.17) is 4.74 Å². The van der Waals surface area contributed by atoms with Crippen molar-refractivity contribution in [2.24, 2.45) is 5.41 Å². The van der Waals surface area contributed by atoms with Crippen LogP contribution in [0.2, 0.25) is 0 Å². The van der Waals surface area contributed by atoms with Gasteiger partial charge < -0.3 is 19.9 Å². The van der Waals surface area contributed by atoms with Gasteiger partial charge >= 0.3 is 12.0 Å². The summed E-state index contributed by atoms with van der Waals surface area (Å²) in [5.74, 6) is 5.07. The Kier molecular flexibility index (Phi) is 7.71. The number of urea groups is 1. The number of ether oxygens (including phenoxy) is 1. The normalized spacial score (nSPS) is 17.3. The maximum Gasteiger partial charge on any atom is 0.328 e. The summed E-state index contributed by atoms with van der Waals surface area (Å²) in [6.45, 7) is 2.52. The van der Waals surface area contributed by atoms with E-state index in [1.807, 2.05) is 60.7 Å². The van der Waals surface area contributed by atoms with Crippen LogP contribution in [0, 0.1) is 17.3 Å². The van der Waals surface area contributed by atoms with Crippen LogP contribution in [0.25, 0.3) is 0 Å². The van der Waals surface area contributed by atoms with Gasteiger partial charge in [0.1, 0.15) is 6.04 Å². The second-order valence-electron chi connectivity index (χ2n) is 9.29. The highest BCUT2D eigenvalue weighted by Crippen LogP contribution is 2.40. The molecule has 2 saturated heterocycles. The minimum atomic E-state index is -0.742. The lowest BCUT2D eigenvalue weighted by Crippen LogP contribution is -2.50. The summed E-state index contributed by atoms with van der Waals surface area (Å²) in [4.78, 5) is 41.4. The summed E-state index contributed by atoms with van der Waals surface area (Å²) in [7, 11) is 1.33. The summed E-state index contributed by atoms with van der Waals surface area (Å²) in [6, 6.07) is 18.1. The SMILES string of the molecule is COC(=O)C(Cc1ccccc1)NC(=O)N1CCC2(CCN(C(=O)C#Cc3ccccc3)CC2)C1. The number of hydrogen-bond acceptors (Lipinski definition) is 4. The number of nitrogens with one attached hydrogen (secondary N) is 1. The lowest BCUT2D eigenvalue weighted by molar-refractivity contribution is -0.142. The van der Waals surface area contributed by atoms with E-state index in [1.165, 1.54) is 7.11 Å². The zero-order valence-electron chi connectivity index (χ0n) is 20.0. The number of rotatable bonds is 4. The summed E-state index contributed by atoms with van der Waals surface area (Å²) in [5.41, 5.74) is 1.78. The van der Waals surface area contributed by atoms with Crippen LogP contribution in [0.3, 0.4) is 0 Å². The Hall–Kier alpha value is -3.79. The average molecular weight is 474 g/mol. The van der Waals surface area contributed by atoms with Crippen molar-refractivity contribution >= 4 is 17.9 Å². The van der Waals surface area contributed by atoms with Crippen molar-refractivity contribution in [3.63, 3.8) is 0 Å². The van der Waals surface area contributed by atoms with E-state index in [0.29, 0.717) is 32.6 Å². The number of benzene rings is 2. The Morgan fingerprint density at radius 1 is 0.943 bits per heavy atom. The molecule has 1 spiro atoms. The fraction of sp³-hybridized carbons (Fsp3) is 0.393. The van der Waals surface area contributed by atoms with E-state index in [0.717, 1.165) is 30.4 Å². The van der Waals surface area contributed by atoms with Crippen molar-refractivity contribution in [2.75, 3.05) is 33.3 Å². The third kappa shape index (κ3) is 6.21. The molecule has 2 heterocycles. The maximum atomic E-state index is 13.0. The number of nitrogens with zero attached hydrogens (tertiary/aromatic N) is 2. The largest absolute Gasteiger partial charge is 0.467 e. The van der Waals surface area contributed by atoms with Crippen LogP contribution in [0.1, 0.15) is 30.4 Å². The van der Waals surface area contributed by atoms with Gasteiger partial charge in [-0.25, -0.2) is 9.59 Å². The topological polar surface area (TPSA) is 79.0 Å². The van der Waals surface area contributed by atoms with E-state index in [2.05, 4.69) is 17.2 Å². The van der Waals surface area contributed by atoms with Crippen LogP contribution in [-0.4, -0.2) is 67.0 Å². The molecule has 0 bridgehead atoms. The van der Waals surface area contributed by atoms with Gasteiger partial charge in [-0.1, -0.05) is 54.5 Å². The number of likely N-dealkylation sites (tertiary alicyclic amines) is 2. The molecule has 182 valence electrons. The van der Waals surface area contributed by atoms with Crippen molar-refractivity contribution in [3.05, 3.63) is 71.8 Å². The lowest BCUT2D eigenvalue weighted by Gasteiger charge is -2.38. The Bertz CT molecular complexity index is 1100. The molecule has 0 aliphatic carbocycles. The van der Waals surface area contributed by atoms with Gasteiger partial charge in [-0.15, -0.1) is 0 Å². The van der Waals surface area contributed by atoms with Gasteiger partial charge in [-0.05, 0) is 42.4 Å². The maximum absolute atomic E-state index is 13.0. The van der Waals surface area contributed by atoms with Gasteiger partial charge in [0.25, 0.3) is 5.91 Å². The van der Waals surface area contributed by atoms with Crippen LogP contribution in [0.4, 0.5) is 4.79 Å². The standard InChI is InChI=1S/C28H31N3O4/c1-35-26(33)24(20-23-10-6-3-7-11-23)29-27(34)31-19-16-28(21-31)14-17-30(18-15-28)25(32)13-12-22-8-4-2-5-9-22/h2-11,24H,14-21H2,1H3,(H,29,34). The average Bonchev–Trinajstić information content (AvgIpc) is 3.31. The highest BCUT2D eigenvalue weighted by Gasteiger charge is 2.43. The van der Waals surface area contributed by atoms with Gasteiger partial charge in [0.2, 0.25) is 0 Å². The molecule has 0 aromatic heterocycles. The Labute approximate surface area is 206 Å². The molecule has 35 heavy (non-hydrogen) atoms. The van der Waals surface area contributed by atoms with Crippen molar-refractivity contribution in [1.82, 2.24) is 15.1 Å². The first kappa shape index (κ1) is 24.3. The summed E-state index contributed by atoms with van der Waals surface area (Å²) >= 11 is 0. The van der Waals surface area contributed by atoms with Crippen LogP contribution in [0.5, 0.6) is 0 Å². The van der Waals surface area contributed by atoms with Crippen molar-refractivity contribution in [3.8, 4) is 11.8 Å². The monoisotopic (exact) mass is 473 g/mol. The van der Waals surface area contributed by atoms with Crippen LogP contribution in [-0.2, 0) is 20.7 Å². The number of carbonyl (C=O) groups excluding carboxylic acids is 3. The number of carbonyl (C=O) groups is 3. The molecule has 7 nitrogen and oxygen atoms in total. The molecule has 1 N–H and O–H groups in total. The molecule has 1 unspecified atom stereocenters. The van der Waals surface area contributed by atoms with E-state index in [-0.39, 0.29) is 17.4 Å².